The predicted octanol–water partition coefficient (Wildman–Crippen LogP) is 2.33. The van der Waals surface area contributed by atoms with E-state index in [4.69, 9.17) is 4.74 Å². The van der Waals surface area contributed by atoms with Crippen LogP contribution in [-0.2, 0) is 4.74 Å². The second-order valence-corrected chi connectivity index (χ2v) is 4.88. The summed E-state index contributed by atoms with van der Waals surface area (Å²) in [4.78, 5) is 4.39. The van der Waals surface area contributed by atoms with Gasteiger partial charge in [-0.3, -0.25) is 0 Å². The Hall–Kier alpha value is -2.01. The van der Waals surface area contributed by atoms with Crippen LogP contribution in [0.1, 0.15) is 18.9 Å². The Balaban J connectivity index is 1.97. The van der Waals surface area contributed by atoms with Crippen molar-refractivity contribution < 1.29 is 4.74 Å². The van der Waals surface area contributed by atoms with E-state index < -0.39 is 0 Å². The lowest BCUT2D eigenvalue weighted by Crippen LogP contribution is -2.19. The summed E-state index contributed by atoms with van der Waals surface area (Å²) in [7, 11) is 0. The molecule has 0 saturated carbocycles. The summed E-state index contributed by atoms with van der Waals surface area (Å²) in [5.41, 5.74) is 2.74. The molecule has 1 aliphatic rings. The molecule has 19 heavy (non-hydrogen) atoms. The number of rotatable bonds is 1. The third kappa shape index (κ3) is 1.69. The van der Waals surface area contributed by atoms with Gasteiger partial charge in [-0.1, -0.05) is 18.2 Å². The van der Waals surface area contributed by atoms with Crippen LogP contribution in [0.2, 0.25) is 0 Å². The molecular formula is C14H14N4O. The maximum atomic E-state index is 5.44. The van der Waals surface area contributed by atoms with Crippen LogP contribution in [-0.4, -0.2) is 33.0 Å². The Morgan fingerprint density at radius 1 is 1.11 bits per heavy atom. The van der Waals surface area contributed by atoms with Crippen LogP contribution in [0.5, 0.6) is 0 Å². The first-order valence-electron chi connectivity index (χ1n) is 6.59. The van der Waals surface area contributed by atoms with Crippen LogP contribution in [0.25, 0.3) is 22.1 Å². The zero-order valence-corrected chi connectivity index (χ0v) is 10.5. The van der Waals surface area contributed by atoms with Gasteiger partial charge in [0, 0.05) is 24.6 Å². The van der Waals surface area contributed by atoms with Crippen molar-refractivity contribution in [3.8, 4) is 0 Å². The van der Waals surface area contributed by atoms with Crippen molar-refractivity contribution in [2.24, 2.45) is 0 Å². The number of imidazole rings is 1. The average molecular weight is 254 g/mol. The van der Waals surface area contributed by atoms with Gasteiger partial charge in [-0.15, -0.1) is 10.2 Å². The van der Waals surface area contributed by atoms with Gasteiger partial charge in [-0.2, -0.15) is 0 Å². The molecule has 0 N–H and O–H groups in total. The number of nitrogens with zero attached hydrogens (tertiary/aromatic N) is 4. The Bertz CT molecular complexity index is 730. The molecule has 3 heterocycles. The van der Waals surface area contributed by atoms with E-state index in [9.17, 15) is 0 Å². The van der Waals surface area contributed by atoms with Gasteiger partial charge >= 0.3 is 0 Å². The standard InChI is InChI=1S/C14H14N4O/c1-2-4-12-11(3-1)13-14(17-16-12)15-9-18(13)10-5-7-19-8-6-10/h1-4,9-10H,5-8H2. The lowest BCUT2D eigenvalue weighted by molar-refractivity contribution is 0.0706. The molecule has 1 fully saturated rings. The van der Waals surface area contributed by atoms with Gasteiger partial charge in [0.15, 0.2) is 0 Å². The fraction of sp³-hybridized carbons (Fsp3) is 0.357. The molecule has 4 rings (SSSR count). The summed E-state index contributed by atoms with van der Waals surface area (Å²) in [6.45, 7) is 1.64. The third-order valence-electron chi connectivity index (χ3n) is 3.77. The molecule has 96 valence electrons. The molecule has 0 atom stereocenters. The first-order valence-corrected chi connectivity index (χ1v) is 6.59. The highest BCUT2D eigenvalue weighted by molar-refractivity contribution is 6.00. The van der Waals surface area contributed by atoms with E-state index in [0.717, 1.165) is 48.1 Å². The van der Waals surface area contributed by atoms with Crippen molar-refractivity contribution in [3.63, 3.8) is 0 Å². The maximum absolute atomic E-state index is 5.44. The van der Waals surface area contributed by atoms with Crippen molar-refractivity contribution in [2.45, 2.75) is 18.9 Å². The van der Waals surface area contributed by atoms with E-state index >= 15 is 0 Å². The second kappa shape index (κ2) is 4.28. The van der Waals surface area contributed by atoms with Gasteiger partial charge in [0.1, 0.15) is 0 Å². The summed E-state index contributed by atoms with van der Waals surface area (Å²) in [6.07, 6.45) is 3.95. The van der Waals surface area contributed by atoms with Crippen LogP contribution < -0.4 is 0 Å². The first-order chi connectivity index (χ1) is 9.43. The molecule has 3 aromatic rings. The first kappa shape index (κ1) is 10.9. The van der Waals surface area contributed by atoms with Crippen molar-refractivity contribution in [1.29, 1.82) is 0 Å². The topological polar surface area (TPSA) is 52.8 Å². The molecule has 1 aliphatic heterocycles. The van der Waals surface area contributed by atoms with E-state index in [1.54, 1.807) is 0 Å². The number of hydrogen-bond donors (Lipinski definition) is 0. The summed E-state index contributed by atoms with van der Waals surface area (Å²) in [6, 6.07) is 8.54. The van der Waals surface area contributed by atoms with Crippen LogP contribution in [0.4, 0.5) is 0 Å². The molecule has 5 nitrogen and oxygen atoms in total. The molecule has 0 aliphatic carbocycles. The summed E-state index contributed by atoms with van der Waals surface area (Å²) in [5, 5.41) is 9.55. The average Bonchev–Trinajstić information content (AvgIpc) is 2.92. The Morgan fingerprint density at radius 2 is 1.95 bits per heavy atom. The summed E-state index contributed by atoms with van der Waals surface area (Å²) >= 11 is 0. The van der Waals surface area contributed by atoms with Crippen molar-refractivity contribution >= 4 is 22.1 Å². The molecule has 1 aromatic carbocycles. The minimum atomic E-state index is 0.450. The number of fused-ring (bicyclic) bond motifs is 3. The fourth-order valence-electron chi connectivity index (χ4n) is 2.79. The van der Waals surface area contributed by atoms with Crippen molar-refractivity contribution in [1.82, 2.24) is 19.7 Å². The second-order valence-electron chi connectivity index (χ2n) is 4.88. The molecule has 0 spiro atoms. The van der Waals surface area contributed by atoms with Crippen molar-refractivity contribution in [2.75, 3.05) is 13.2 Å². The Morgan fingerprint density at radius 3 is 2.84 bits per heavy atom. The molecule has 0 bridgehead atoms. The van der Waals surface area contributed by atoms with Crippen LogP contribution in [0.3, 0.4) is 0 Å². The number of benzene rings is 1. The molecule has 0 unspecified atom stereocenters. The van der Waals surface area contributed by atoms with E-state index in [1.807, 2.05) is 24.5 Å². The van der Waals surface area contributed by atoms with E-state index in [0.29, 0.717) is 6.04 Å². The predicted molar refractivity (Wildman–Crippen MR) is 71.9 cm³/mol. The van der Waals surface area contributed by atoms with Gasteiger partial charge in [0.2, 0.25) is 5.65 Å². The largest absolute Gasteiger partial charge is 0.381 e. The van der Waals surface area contributed by atoms with Gasteiger partial charge < -0.3 is 9.30 Å². The smallest absolute Gasteiger partial charge is 0.200 e. The van der Waals surface area contributed by atoms with Crippen LogP contribution >= 0.6 is 0 Å². The Kier molecular flexibility index (Phi) is 2.45. The normalized spacial score (nSPS) is 17.3. The van der Waals surface area contributed by atoms with Crippen LogP contribution in [0.15, 0.2) is 30.6 Å². The van der Waals surface area contributed by atoms with E-state index in [-0.39, 0.29) is 0 Å². The SMILES string of the molecule is c1ccc2c(c1)nnc1ncn(C3CCOCC3)c12. The quantitative estimate of drug-likeness (QED) is 0.668. The highest BCUT2D eigenvalue weighted by atomic mass is 16.5. The molecular weight excluding hydrogens is 240 g/mol. The Labute approximate surface area is 110 Å². The monoisotopic (exact) mass is 254 g/mol. The number of hydrogen-bond acceptors (Lipinski definition) is 4. The lowest BCUT2D eigenvalue weighted by atomic mass is 10.1. The number of aromatic nitrogens is 4. The van der Waals surface area contributed by atoms with Gasteiger partial charge in [-0.05, 0) is 18.9 Å². The zero-order valence-electron chi connectivity index (χ0n) is 10.5. The molecule has 5 heteroatoms. The van der Waals surface area contributed by atoms with Crippen LogP contribution in [0, 0.1) is 0 Å². The summed E-state index contributed by atoms with van der Waals surface area (Å²) in [5.74, 6) is 0. The highest BCUT2D eigenvalue weighted by Crippen LogP contribution is 2.28. The van der Waals surface area contributed by atoms with E-state index in [1.165, 1.54) is 0 Å². The lowest BCUT2D eigenvalue weighted by Gasteiger charge is -2.24. The van der Waals surface area contributed by atoms with Gasteiger partial charge in [0.25, 0.3) is 0 Å². The molecule has 0 radical (unpaired) electrons. The highest BCUT2D eigenvalue weighted by Gasteiger charge is 2.19. The zero-order chi connectivity index (χ0) is 12.7. The van der Waals surface area contributed by atoms with E-state index in [2.05, 4.69) is 25.8 Å². The molecule has 1 saturated heterocycles. The maximum Gasteiger partial charge on any atom is 0.200 e. The minimum absolute atomic E-state index is 0.450. The fourth-order valence-corrected chi connectivity index (χ4v) is 2.79. The molecule has 2 aromatic heterocycles. The summed E-state index contributed by atoms with van der Waals surface area (Å²) < 4.78 is 7.68. The van der Waals surface area contributed by atoms with Crippen molar-refractivity contribution in [3.05, 3.63) is 30.6 Å². The van der Waals surface area contributed by atoms with Gasteiger partial charge in [0.05, 0.1) is 17.4 Å². The third-order valence-corrected chi connectivity index (χ3v) is 3.77. The van der Waals surface area contributed by atoms with Gasteiger partial charge in [-0.25, -0.2) is 4.98 Å². The number of ether oxygens (including phenoxy) is 1. The molecule has 0 amide bonds. The minimum Gasteiger partial charge on any atom is -0.381 e.